The van der Waals surface area contributed by atoms with Gasteiger partial charge in [0, 0.05) is 28.8 Å². The van der Waals surface area contributed by atoms with Gasteiger partial charge >= 0.3 is 5.97 Å². The van der Waals surface area contributed by atoms with Crippen molar-refractivity contribution >= 4 is 27.8 Å². The molecule has 1 atom stereocenters. The summed E-state index contributed by atoms with van der Waals surface area (Å²) in [6.07, 6.45) is 0.919. The van der Waals surface area contributed by atoms with Crippen LogP contribution in [0.15, 0.2) is 30.3 Å². The second-order valence-corrected chi connectivity index (χ2v) is 5.54. The third-order valence-corrected chi connectivity index (χ3v) is 4.24. The molecule has 1 saturated heterocycles. The van der Waals surface area contributed by atoms with Crippen LogP contribution in [0.5, 0.6) is 0 Å². The zero-order chi connectivity index (χ0) is 15.1. The van der Waals surface area contributed by atoms with Crippen molar-refractivity contribution in [3.05, 3.63) is 41.7 Å². The largest absolute Gasteiger partial charge is 0.464 e. The zero-order valence-electron chi connectivity index (χ0n) is 12.3. The number of fused-ring (bicyclic) bond motifs is 3. The number of hydrogen-bond acceptors (Lipinski definition) is 4. The predicted octanol–water partition coefficient (Wildman–Crippen LogP) is 3.01. The first-order valence-electron chi connectivity index (χ1n) is 7.35. The molecule has 1 aromatic carbocycles. The summed E-state index contributed by atoms with van der Waals surface area (Å²) in [5, 5.41) is 2.10. The predicted molar refractivity (Wildman–Crippen MR) is 83.1 cm³/mol. The molecule has 3 heterocycles. The van der Waals surface area contributed by atoms with Crippen molar-refractivity contribution in [1.82, 2.24) is 9.97 Å². The molecule has 0 aliphatic carbocycles. The molecule has 0 saturated carbocycles. The van der Waals surface area contributed by atoms with Crippen LogP contribution in [0, 0.1) is 0 Å². The number of ether oxygens (including phenoxy) is 2. The molecule has 2 aromatic heterocycles. The Morgan fingerprint density at radius 2 is 2.23 bits per heavy atom. The lowest BCUT2D eigenvalue weighted by atomic mass is 10.0. The van der Waals surface area contributed by atoms with Gasteiger partial charge in [-0.05, 0) is 18.6 Å². The van der Waals surface area contributed by atoms with Crippen molar-refractivity contribution < 1.29 is 14.3 Å². The minimum Gasteiger partial charge on any atom is -0.464 e. The second-order valence-electron chi connectivity index (χ2n) is 5.54. The number of pyridine rings is 1. The van der Waals surface area contributed by atoms with Crippen LogP contribution >= 0.6 is 0 Å². The molecular weight excluding hydrogens is 280 g/mol. The number of H-pyrrole nitrogens is 1. The number of aromatic nitrogens is 2. The summed E-state index contributed by atoms with van der Waals surface area (Å²) in [4.78, 5) is 20.0. The van der Waals surface area contributed by atoms with Crippen molar-refractivity contribution in [2.24, 2.45) is 0 Å². The molecule has 1 aliphatic rings. The molecule has 1 N–H and O–H groups in total. The van der Waals surface area contributed by atoms with Crippen LogP contribution in [0.4, 0.5) is 0 Å². The summed E-state index contributed by atoms with van der Waals surface area (Å²) >= 11 is 0. The Labute approximate surface area is 127 Å². The fourth-order valence-electron chi connectivity index (χ4n) is 3.12. The number of esters is 1. The van der Waals surface area contributed by atoms with E-state index in [0.717, 1.165) is 40.5 Å². The number of aromatic amines is 1. The van der Waals surface area contributed by atoms with Gasteiger partial charge in [-0.1, -0.05) is 18.2 Å². The van der Waals surface area contributed by atoms with Gasteiger partial charge in [-0.15, -0.1) is 0 Å². The molecule has 1 aliphatic heterocycles. The molecule has 0 spiro atoms. The van der Waals surface area contributed by atoms with E-state index in [2.05, 4.69) is 9.97 Å². The van der Waals surface area contributed by atoms with Gasteiger partial charge in [0.05, 0.1) is 24.9 Å². The van der Waals surface area contributed by atoms with Gasteiger partial charge in [0.25, 0.3) is 0 Å². The van der Waals surface area contributed by atoms with Crippen LogP contribution in [-0.4, -0.2) is 36.3 Å². The van der Waals surface area contributed by atoms with Crippen molar-refractivity contribution in [2.75, 3.05) is 20.3 Å². The Morgan fingerprint density at radius 1 is 1.36 bits per heavy atom. The molecule has 0 bridgehead atoms. The quantitative estimate of drug-likeness (QED) is 0.738. The first kappa shape index (κ1) is 13.3. The number of hydrogen-bond donors (Lipinski definition) is 1. The van der Waals surface area contributed by atoms with Crippen molar-refractivity contribution in [1.29, 1.82) is 0 Å². The van der Waals surface area contributed by atoms with Crippen molar-refractivity contribution in [2.45, 2.75) is 12.3 Å². The van der Waals surface area contributed by atoms with Gasteiger partial charge in [-0.25, -0.2) is 9.78 Å². The highest BCUT2D eigenvalue weighted by atomic mass is 16.5. The zero-order valence-corrected chi connectivity index (χ0v) is 12.3. The summed E-state index contributed by atoms with van der Waals surface area (Å²) in [7, 11) is 1.38. The summed E-state index contributed by atoms with van der Waals surface area (Å²) < 4.78 is 10.3. The number of rotatable bonds is 2. The number of para-hydroxylation sites is 1. The smallest absolute Gasteiger partial charge is 0.356 e. The van der Waals surface area contributed by atoms with Crippen molar-refractivity contribution in [3.63, 3.8) is 0 Å². The third-order valence-electron chi connectivity index (χ3n) is 4.24. The Morgan fingerprint density at radius 3 is 3.00 bits per heavy atom. The standard InChI is InChI=1S/C17H16N2O3/c1-21-17(20)14-8-12-11-4-2-3-5-13(11)18-16(12)15(19-14)10-6-7-22-9-10/h2-5,8,10,18H,6-7,9H2,1H3. The monoisotopic (exact) mass is 296 g/mol. The SMILES string of the molecule is COC(=O)c1cc2c([nH]c3ccccc32)c(C2CCOC2)n1. The topological polar surface area (TPSA) is 64.2 Å². The van der Waals surface area contributed by atoms with Gasteiger partial charge in [-0.3, -0.25) is 0 Å². The number of benzene rings is 1. The van der Waals surface area contributed by atoms with Crippen molar-refractivity contribution in [3.8, 4) is 0 Å². The molecule has 1 fully saturated rings. The van der Waals surface area contributed by atoms with Gasteiger partial charge in [0.2, 0.25) is 0 Å². The molecule has 5 heteroatoms. The molecular formula is C17H16N2O3. The van der Waals surface area contributed by atoms with Crippen LogP contribution in [0.25, 0.3) is 21.8 Å². The molecule has 5 nitrogen and oxygen atoms in total. The Kier molecular flexibility index (Phi) is 3.08. The number of nitrogens with zero attached hydrogens (tertiary/aromatic N) is 1. The minimum atomic E-state index is -0.410. The lowest BCUT2D eigenvalue weighted by Gasteiger charge is -2.10. The van der Waals surface area contributed by atoms with E-state index in [1.54, 1.807) is 6.07 Å². The molecule has 1 unspecified atom stereocenters. The van der Waals surface area contributed by atoms with Gasteiger partial charge < -0.3 is 14.5 Å². The highest BCUT2D eigenvalue weighted by molar-refractivity contribution is 6.09. The van der Waals surface area contributed by atoms with E-state index < -0.39 is 5.97 Å². The molecule has 3 aromatic rings. The van der Waals surface area contributed by atoms with E-state index in [0.29, 0.717) is 12.3 Å². The van der Waals surface area contributed by atoms with Gasteiger partial charge in [0.1, 0.15) is 5.69 Å². The van der Waals surface area contributed by atoms with E-state index in [9.17, 15) is 4.79 Å². The maximum absolute atomic E-state index is 12.0. The van der Waals surface area contributed by atoms with Crippen LogP contribution < -0.4 is 0 Å². The highest BCUT2D eigenvalue weighted by Crippen LogP contribution is 2.34. The fourth-order valence-corrected chi connectivity index (χ4v) is 3.12. The van der Waals surface area contributed by atoms with Crippen LogP contribution in [0.3, 0.4) is 0 Å². The third kappa shape index (κ3) is 1.97. The Hall–Kier alpha value is -2.40. The number of carbonyl (C=O) groups excluding carboxylic acids is 1. The molecule has 4 rings (SSSR count). The minimum absolute atomic E-state index is 0.208. The van der Waals surface area contributed by atoms with E-state index in [4.69, 9.17) is 9.47 Å². The van der Waals surface area contributed by atoms with E-state index in [1.807, 2.05) is 24.3 Å². The fraction of sp³-hybridized carbons (Fsp3) is 0.294. The lowest BCUT2D eigenvalue weighted by molar-refractivity contribution is 0.0594. The number of carbonyl (C=O) groups is 1. The Balaban J connectivity index is 2.03. The van der Waals surface area contributed by atoms with Gasteiger partial charge in [0.15, 0.2) is 0 Å². The normalized spacial score (nSPS) is 18.1. The lowest BCUT2D eigenvalue weighted by Crippen LogP contribution is -2.09. The molecule has 0 radical (unpaired) electrons. The van der Waals surface area contributed by atoms with Crippen LogP contribution in [0.2, 0.25) is 0 Å². The molecule has 22 heavy (non-hydrogen) atoms. The summed E-state index contributed by atoms with van der Waals surface area (Å²) in [5.41, 5.74) is 3.28. The first-order chi connectivity index (χ1) is 10.8. The van der Waals surface area contributed by atoms with Gasteiger partial charge in [-0.2, -0.15) is 0 Å². The summed E-state index contributed by atoms with van der Waals surface area (Å²) in [5.74, 6) is -0.201. The average molecular weight is 296 g/mol. The summed E-state index contributed by atoms with van der Waals surface area (Å²) in [6.45, 7) is 1.37. The average Bonchev–Trinajstić information content (AvgIpc) is 3.20. The molecule has 112 valence electrons. The number of methoxy groups -OCH3 is 1. The van der Waals surface area contributed by atoms with Crippen LogP contribution in [0.1, 0.15) is 28.5 Å². The van der Waals surface area contributed by atoms with Crippen LogP contribution in [-0.2, 0) is 9.47 Å². The van der Waals surface area contributed by atoms with E-state index in [-0.39, 0.29) is 5.92 Å². The Bertz CT molecular complexity index is 863. The van der Waals surface area contributed by atoms with E-state index in [1.165, 1.54) is 7.11 Å². The first-order valence-corrected chi connectivity index (χ1v) is 7.35. The second kappa shape index (κ2) is 5.10. The number of nitrogens with one attached hydrogen (secondary N) is 1. The highest BCUT2D eigenvalue weighted by Gasteiger charge is 2.25. The maximum Gasteiger partial charge on any atom is 0.356 e. The molecule has 0 amide bonds. The maximum atomic E-state index is 12.0. The van der Waals surface area contributed by atoms with E-state index >= 15 is 0 Å². The summed E-state index contributed by atoms with van der Waals surface area (Å²) in [6, 6.07) is 9.86.